The first-order valence-corrected chi connectivity index (χ1v) is 35.5. The van der Waals surface area contributed by atoms with E-state index in [1.807, 2.05) is 0 Å². The number of carbonyl (C=O) groups excluding carboxylic acids is 10. The average molecular weight is 1550 g/mol. The summed E-state index contributed by atoms with van der Waals surface area (Å²) >= 11 is 0. The smallest absolute Gasteiger partial charge is 0.408 e. The number of nitrogens with two attached hydrogens (primary N) is 1. The van der Waals surface area contributed by atoms with Gasteiger partial charge in [-0.2, -0.15) is 0 Å². The van der Waals surface area contributed by atoms with Gasteiger partial charge in [0, 0.05) is 51.6 Å². The average Bonchev–Trinajstić information content (AvgIpc) is 0.912. The van der Waals surface area contributed by atoms with Gasteiger partial charge in [-0.15, -0.1) is 29.8 Å². The maximum absolute atomic E-state index is 12.9. The lowest BCUT2D eigenvalue weighted by atomic mass is 9.83. The van der Waals surface area contributed by atoms with Crippen molar-refractivity contribution >= 4 is 60.3 Å². The number of hydrogen-bond donors (Lipinski definition) is 16. The Morgan fingerprint density at radius 3 is 1.07 bits per heavy atom. The number of carbonyl (C=O) groups is 10. The lowest BCUT2D eigenvalue weighted by Crippen LogP contribution is -2.70. The minimum atomic E-state index is -1.81. The molecule has 17 N–H and O–H groups in total. The second-order valence-electron chi connectivity index (χ2n) is 32.2. The minimum Gasteiger partial charge on any atom is -0.444 e. The molecule has 108 heavy (non-hydrogen) atoms. The van der Waals surface area contributed by atoms with Crippen molar-refractivity contribution in [2.45, 2.75) is 345 Å². The van der Waals surface area contributed by atoms with Crippen LogP contribution >= 0.6 is 0 Å². The number of aliphatic hydroxyl groups is 8. The summed E-state index contributed by atoms with van der Waals surface area (Å²) in [6, 6.07) is -7.49. The molecule has 5 aliphatic rings. The maximum atomic E-state index is 12.9. The van der Waals surface area contributed by atoms with E-state index in [1.54, 1.807) is 125 Å². The van der Waals surface area contributed by atoms with Crippen LogP contribution in [0.15, 0.2) is 0 Å². The van der Waals surface area contributed by atoms with E-state index >= 15 is 0 Å². The van der Waals surface area contributed by atoms with Crippen molar-refractivity contribution in [3.05, 3.63) is 0 Å². The molecule has 38 nitrogen and oxygen atoms in total. The molecular formula is C70H117N9O29. The largest absolute Gasteiger partial charge is 0.444 e. The summed E-state index contributed by atoms with van der Waals surface area (Å²) in [4.78, 5) is 126. The molecule has 5 fully saturated rings. The van der Waals surface area contributed by atoms with Crippen LogP contribution in [0.25, 0.3) is 0 Å². The third-order valence-corrected chi connectivity index (χ3v) is 15.5. The zero-order valence-corrected chi connectivity index (χ0v) is 64.9. The Morgan fingerprint density at radius 1 is 0.444 bits per heavy atom. The molecule has 8 unspecified atom stereocenters. The number of nitrogens with one attached hydrogen (secondary N) is 7. The van der Waals surface area contributed by atoms with Crippen LogP contribution < -0.4 is 43.0 Å². The van der Waals surface area contributed by atoms with Crippen LogP contribution in [0.4, 0.5) is 28.8 Å². The highest BCUT2D eigenvalue weighted by Gasteiger charge is 2.55. The van der Waals surface area contributed by atoms with Gasteiger partial charge >= 0.3 is 42.5 Å². The number of ether oxygens (including phenoxy) is 10. The highest BCUT2D eigenvalue weighted by atomic mass is 16.7. The molecule has 0 aromatic rings. The Labute approximate surface area is 629 Å². The van der Waals surface area contributed by atoms with Crippen LogP contribution in [-0.2, 0) is 71.4 Å². The summed E-state index contributed by atoms with van der Waals surface area (Å²) in [5.74, 6) is 2.88. The van der Waals surface area contributed by atoms with Gasteiger partial charge < -0.3 is 136 Å². The van der Waals surface area contributed by atoms with E-state index in [2.05, 4.69) is 53.9 Å². The molecule has 0 bridgehead atoms. The van der Waals surface area contributed by atoms with Crippen LogP contribution in [0.2, 0.25) is 0 Å². The second-order valence-corrected chi connectivity index (χ2v) is 32.2. The monoisotopic (exact) mass is 1550 g/mol. The summed E-state index contributed by atoms with van der Waals surface area (Å²) in [6.07, 6.45) is -15.4. The van der Waals surface area contributed by atoms with Gasteiger partial charge in [-0.1, -0.05) is 0 Å². The number of aliphatic hydroxyl groups excluding tert-OH is 8. The number of terminal acetylenes is 2. The molecule has 0 aromatic carbocycles. The van der Waals surface area contributed by atoms with Crippen LogP contribution in [0.1, 0.15) is 189 Å². The van der Waals surface area contributed by atoms with Gasteiger partial charge in [0.1, 0.15) is 119 Å². The number of amides is 9. The molecule has 2 saturated carbocycles. The third kappa shape index (κ3) is 32.9. The fraction of sp³-hybridized carbons (Fsp3) is 0.800. The van der Waals surface area contributed by atoms with Crippen LogP contribution in [0.5, 0.6) is 0 Å². The van der Waals surface area contributed by atoms with Crippen LogP contribution in [0, 0.1) is 24.7 Å². The first kappa shape index (κ1) is 94.5. The van der Waals surface area contributed by atoms with E-state index < -0.39 is 216 Å². The van der Waals surface area contributed by atoms with Crippen molar-refractivity contribution in [3.63, 3.8) is 0 Å². The fourth-order valence-electron chi connectivity index (χ4n) is 10.9. The molecular weight excluding hydrogens is 1430 g/mol. The molecule has 0 spiro atoms. The first-order chi connectivity index (χ1) is 49.6. The van der Waals surface area contributed by atoms with Gasteiger partial charge in [-0.05, 0) is 150 Å². The summed E-state index contributed by atoms with van der Waals surface area (Å²) < 4.78 is 55.8. The Balaban J connectivity index is 0.000000472. The number of unbranched alkanes of at least 4 members (excludes halogenated alkanes) is 2. The summed E-state index contributed by atoms with van der Waals surface area (Å²) in [6.45, 7) is 28.9. The molecule has 0 aromatic heterocycles. The number of hydroxylamine groups is 2. The molecule has 38 heteroatoms. The zero-order chi connectivity index (χ0) is 82.5. The Bertz CT molecular complexity index is 3070. The normalized spacial score (nSPS) is 29.5. The lowest BCUT2D eigenvalue weighted by molar-refractivity contribution is -0.293. The second kappa shape index (κ2) is 40.8. The maximum Gasteiger partial charge on any atom is 0.408 e. The third-order valence-electron chi connectivity index (χ3n) is 15.5. The topological polar surface area (TPSA) is 548 Å². The summed E-state index contributed by atoms with van der Waals surface area (Å²) in [7, 11) is 0. The lowest BCUT2D eigenvalue weighted by Gasteiger charge is -2.48. The molecule has 3 saturated heterocycles. The van der Waals surface area contributed by atoms with E-state index in [-0.39, 0.29) is 51.6 Å². The van der Waals surface area contributed by atoms with E-state index in [0.29, 0.717) is 30.7 Å². The van der Waals surface area contributed by atoms with Gasteiger partial charge in [0.2, 0.25) is 5.91 Å². The van der Waals surface area contributed by atoms with Crippen molar-refractivity contribution in [2.75, 3.05) is 13.1 Å². The number of rotatable bonds is 20. The van der Waals surface area contributed by atoms with Crippen molar-refractivity contribution < 1.29 is 141 Å². The number of nitrogens with zero attached hydrogens (tertiary/aromatic N) is 1. The number of hydrogen-bond acceptors (Lipinski definition) is 30. The van der Waals surface area contributed by atoms with Crippen molar-refractivity contribution in [1.82, 2.24) is 42.3 Å². The summed E-state index contributed by atoms with van der Waals surface area (Å²) in [5.41, 5.74) is 0.334. The van der Waals surface area contributed by atoms with Crippen molar-refractivity contribution in [1.29, 1.82) is 0 Å². The molecule has 0 radical (unpaired) electrons. The fourth-order valence-corrected chi connectivity index (χ4v) is 10.9. The molecule has 9 amide bonds. The summed E-state index contributed by atoms with van der Waals surface area (Å²) in [5, 5.41) is 106. The van der Waals surface area contributed by atoms with Gasteiger partial charge in [0.25, 0.3) is 11.8 Å². The highest BCUT2D eigenvalue weighted by molar-refractivity contribution is 6.01. The number of imide groups is 1. The van der Waals surface area contributed by atoms with Crippen molar-refractivity contribution in [2.24, 2.45) is 5.73 Å². The van der Waals surface area contributed by atoms with Gasteiger partial charge in [0.05, 0.1) is 24.2 Å². The van der Waals surface area contributed by atoms with E-state index in [0.717, 1.165) is 0 Å². The van der Waals surface area contributed by atoms with Gasteiger partial charge in [-0.25, -0.2) is 33.6 Å². The highest BCUT2D eigenvalue weighted by Crippen LogP contribution is 2.33. The SMILES string of the molecule is C#CCCCC(=O)NCC1O[C@H](O[C@@H]2C(NC(=O)OC(C)(C)C)C[C@@H](NC(=O)OC(C)(C)C)C(O)[C@H]2O)C(NC(=O)OC(C)(C)C)[C@@H](O)[C@@H]1O.C#CCCCC(=O)ON1C(=O)CCC1=O.CC(C)(C)OC(=O)NC1[C@@H](O[C@@H]2C(NC(=O)OC(C)(C)C)C[C@@H](NC(=O)OC(C)(C)C)C(O)[C@H]2O)OC(CN)[C@@H](O)[C@@H]1O. The van der Waals surface area contributed by atoms with E-state index in [4.69, 9.17) is 65.9 Å². The number of alkyl carbamates (subject to hydrolysis) is 6. The minimum absolute atomic E-state index is 0.0982. The zero-order valence-electron chi connectivity index (χ0n) is 64.9. The molecule has 20 atom stereocenters. The molecule has 5 rings (SSSR count). The molecule has 2 aliphatic carbocycles. The quantitative estimate of drug-likeness (QED) is 0.0342. The Hall–Kier alpha value is -7.70. The van der Waals surface area contributed by atoms with Crippen LogP contribution in [-0.4, -0.2) is 275 Å². The van der Waals surface area contributed by atoms with E-state index in [9.17, 15) is 88.8 Å². The van der Waals surface area contributed by atoms with Crippen LogP contribution in [0.3, 0.4) is 0 Å². The predicted octanol–water partition coefficient (Wildman–Crippen LogP) is 0.523. The Morgan fingerprint density at radius 2 is 0.750 bits per heavy atom. The van der Waals surface area contributed by atoms with Crippen molar-refractivity contribution in [3.8, 4) is 24.7 Å². The first-order valence-electron chi connectivity index (χ1n) is 35.5. The molecule has 3 heterocycles. The predicted molar refractivity (Wildman–Crippen MR) is 378 cm³/mol. The van der Waals surface area contributed by atoms with Gasteiger partial charge in [-0.3, -0.25) is 14.4 Å². The van der Waals surface area contributed by atoms with Gasteiger partial charge in [0.15, 0.2) is 12.6 Å². The Kier molecular flexibility index (Phi) is 35.7. The standard InChI is InChI=1S/C33H56N4O13.C27H50N4O12.C10H11NO4/c1-11-12-13-14-20(38)34-16-19-23(40)24(41)21(37-30(45)50-33(8,9)10)27(46-19)47-26-18(36-29(44)49-32(5,6)7)15-17(22(39)25(26)42)35-28(43)48-31(2,3)4;1-25(2,3)41-22(36)29-12-10-13(30-23(37)42-26(4,5)6)20(19(35)16(12)32)40-21-15(31-24(38)43-27(7,8)9)18(34)17(33)14(11-28)39-21;1-2-3-4-5-10(14)15-11-8(12)6-7-9(11)13/h1,17-19,21-27,39-42H,12-16H2,2-10H3,(H,34,38)(H,35,43)(H,36,44)(H,37,45);12-21,32-35H,10-11,28H2,1-9H3,(H,29,36)(H,30,37)(H,31,38);1H,3-7H2/t17-,18?,19?,21?,22?,23-,24-,25-,26-,27-;12-,13?,14?,15?,16?,17-,18-,19-,20-,21-;/m11./s1. The molecule has 3 aliphatic heterocycles. The van der Waals surface area contributed by atoms with E-state index in [1.165, 1.54) is 0 Å². The molecule has 616 valence electrons.